The van der Waals surface area contributed by atoms with E-state index in [1.54, 1.807) is 0 Å². The van der Waals surface area contributed by atoms with Gasteiger partial charge in [0, 0.05) is 29.7 Å². The fourth-order valence-electron chi connectivity index (χ4n) is 3.81. The molecular weight excluding hydrogens is 366 g/mol. The molecule has 0 amide bonds. The lowest BCUT2D eigenvalue weighted by atomic mass is 10.1. The first-order chi connectivity index (χ1) is 14.7. The summed E-state index contributed by atoms with van der Waals surface area (Å²) in [6.45, 7) is 2.11. The average molecular weight is 390 g/mol. The van der Waals surface area contributed by atoms with Gasteiger partial charge in [-0.25, -0.2) is 4.98 Å². The van der Waals surface area contributed by atoms with Crippen LogP contribution < -0.4 is 4.90 Å². The van der Waals surface area contributed by atoms with Crippen LogP contribution in [0.15, 0.2) is 103 Å². The van der Waals surface area contributed by atoms with E-state index >= 15 is 0 Å². The smallest absolute Gasteiger partial charge is 0.145 e. The quantitative estimate of drug-likeness (QED) is 0.338. The molecule has 1 aromatic heterocycles. The molecule has 0 radical (unpaired) electrons. The molecule has 0 bridgehead atoms. The van der Waals surface area contributed by atoms with Crippen molar-refractivity contribution in [3.8, 4) is 17.1 Å². The number of fused-ring (bicyclic) bond motifs is 1. The monoisotopic (exact) mass is 389 g/mol. The van der Waals surface area contributed by atoms with E-state index < -0.39 is 0 Å². The van der Waals surface area contributed by atoms with Gasteiger partial charge in [0.1, 0.15) is 5.82 Å². The standard InChI is InChI=1S/C27H23N3/c1-20-12-16-24(17-13-20)30-26-11-7-6-10-25(26)28-27(30)21-14-18-23(19-15-21)29(2)22-8-4-3-5-9-22/h3-19H,1-2H3. The Morgan fingerprint density at radius 2 is 1.30 bits per heavy atom. The third-order valence-electron chi connectivity index (χ3n) is 5.51. The molecule has 0 fully saturated rings. The third-order valence-corrected chi connectivity index (χ3v) is 5.51. The van der Waals surface area contributed by atoms with Crippen LogP contribution in [-0.2, 0) is 0 Å². The normalized spacial score (nSPS) is 11.0. The molecule has 0 aliphatic carbocycles. The first-order valence-electron chi connectivity index (χ1n) is 10.1. The van der Waals surface area contributed by atoms with Gasteiger partial charge in [-0.2, -0.15) is 0 Å². The molecule has 0 atom stereocenters. The van der Waals surface area contributed by atoms with Crippen molar-refractivity contribution in [2.45, 2.75) is 6.92 Å². The Kier molecular flexibility index (Phi) is 4.56. The lowest BCUT2D eigenvalue weighted by Gasteiger charge is -2.19. The number of aryl methyl sites for hydroxylation is 1. The molecule has 5 aromatic rings. The Morgan fingerprint density at radius 3 is 2.03 bits per heavy atom. The Balaban J connectivity index is 1.60. The maximum absolute atomic E-state index is 4.96. The van der Waals surface area contributed by atoms with Crippen molar-refractivity contribution in [3.63, 3.8) is 0 Å². The predicted octanol–water partition coefficient (Wildman–Crippen LogP) is 6.77. The zero-order valence-electron chi connectivity index (χ0n) is 17.2. The molecule has 146 valence electrons. The molecule has 3 heteroatoms. The second kappa shape index (κ2) is 7.53. The molecule has 4 aromatic carbocycles. The zero-order chi connectivity index (χ0) is 20.5. The van der Waals surface area contributed by atoms with Crippen molar-refractivity contribution in [2.24, 2.45) is 0 Å². The van der Waals surface area contributed by atoms with Gasteiger partial charge in [0.15, 0.2) is 0 Å². The van der Waals surface area contributed by atoms with Gasteiger partial charge >= 0.3 is 0 Å². The van der Waals surface area contributed by atoms with Crippen LogP contribution in [0.25, 0.3) is 28.1 Å². The number of aromatic nitrogens is 2. The van der Waals surface area contributed by atoms with Gasteiger partial charge in [0.25, 0.3) is 0 Å². The molecular formula is C27H23N3. The summed E-state index contributed by atoms with van der Waals surface area (Å²) in [6, 6.07) is 35.9. The van der Waals surface area contributed by atoms with Crippen molar-refractivity contribution in [1.29, 1.82) is 0 Å². The summed E-state index contributed by atoms with van der Waals surface area (Å²) < 4.78 is 2.24. The zero-order valence-corrected chi connectivity index (χ0v) is 17.2. The molecule has 3 nitrogen and oxygen atoms in total. The first-order valence-corrected chi connectivity index (χ1v) is 10.1. The number of rotatable bonds is 4. The van der Waals surface area contributed by atoms with Crippen LogP contribution in [0.2, 0.25) is 0 Å². The fraction of sp³-hybridized carbons (Fsp3) is 0.0741. The van der Waals surface area contributed by atoms with Crippen LogP contribution in [0.1, 0.15) is 5.56 Å². The summed E-state index contributed by atoms with van der Waals surface area (Å²) in [7, 11) is 2.09. The van der Waals surface area contributed by atoms with E-state index in [0.717, 1.165) is 39.5 Å². The number of benzene rings is 4. The summed E-state index contributed by atoms with van der Waals surface area (Å²) >= 11 is 0. The van der Waals surface area contributed by atoms with Crippen molar-refractivity contribution >= 4 is 22.4 Å². The minimum absolute atomic E-state index is 0.953. The highest BCUT2D eigenvalue weighted by atomic mass is 15.1. The van der Waals surface area contributed by atoms with Gasteiger partial charge in [0.05, 0.1) is 11.0 Å². The van der Waals surface area contributed by atoms with Crippen molar-refractivity contribution in [1.82, 2.24) is 9.55 Å². The average Bonchev–Trinajstić information content (AvgIpc) is 3.19. The van der Waals surface area contributed by atoms with Crippen molar-refractivity contribution < 1.29 is 0 Å². The Hall–Kier alpha value is -3.85. The minimum atomic E-state index is 0.953. The molecule has 0 aliphatic rings. The van der Waals surface area contributed by atoms with Crippen LogP contribution in [0, 0.1) is 6.92 Å². The van der Waals surface area contributed by atoms with Gasteiger partial charge < -0.3 is 4.90 Å². The lowest BCUT2D eigenvalue weighted by Crippen LogP contribution is -2.08. The summed E-state index contributed by atoms with van der Waals surface area (Å²) in [5.74, 6) is 0.953. The summed E-state index contributed by atoms with van der Waals surface area (Å²) in [5, 5.41) is 0. The topological polar surface area (TPSA) is 21.1 Å². The van der Waals surface area contributed by atoms with E-state index in [-0.39, 0.29) is 0 Å². The number of anilines is 2. The van der Waals surface area contributed by atoms with Crippen molar-refractivity contribution in [2.75, 3.05) is 11.9 Å². The van der Waals surface area contributed by atoms with Crippen LogP contribution in [0.5, 0.6) is 0 Å². The van der Waals surface area contributed by atoms with E-state index in [1.807, 2.05) is 12.1 Å². The second-order valence-corrected chi connectivity index (χ2v) is 7.54. The van der Waals surface area contributed by atoms with Gasteiger partial charge in [-0.15, -0.1) is 0 Å². The van der Waals surface area contributed by atoms with Crippen LogP contribution in [-0.4, -0.2) is 16.6 Å². The Morgan fingerprint density at radius 1 is 0.667 bits per heavy atom. The predicted molar refractivity (Wildman–Crippen MR) is 126 cm³/mol. The molecule has 0 aliphatic heterocycles. The van der Waals surface area contributed by atoms with Gasteiger partial charge in [0.2, 0.25) is 0 Å². The summed E-state index contributed by atoms with van der Waals surface area (Å²) in [4.78, 5) is 7.15. The fourth-order valence-corrected chi connectivity index (χ4v) is 3.81. The van der Waals surface area contributed by atoms with E-state index in [4.69, 9.17) is 4.98 Å². The van der Waals surface area contributed by atoms with E-state index in [2.05, 4.69) is 114 Å². The largest absolute Gasteiger partial charge is 0.345 e. The molecule has 0 saturated heterocycles. The molecule has 0 spiro atoms. The molecule has 0 unspecified atom stereocenters. The third kappa shape index (κ3) is 3.25. The number of para-hydroxylation sites is 3. The molecule has 0 N–H and O–H groups in total. The van der Waals surface area contributed by atoms with E-state index in [0.29, 0.717) is 0 Å². The summed E-state index contributed by atoms with van der Waals surface area (Å²) in [5.41, 5.74) is 7.88. The van der Waals surface area contributed by atoms with Crippen molar-refractivity contribution in [3.05, 3.63) is 109 Å². The first kappa shape index (κ1) is 18.2. The van der Waals surface area contributed by atoms with E-state index in [9.17, 15) is 0 Å². The molecule has 1 heterocycles. The highest BCUT2D eigenvalue weighted by Crippen LogP contribution is 2.31. The maximum Gasteiger partial charge on any atom is 0.145 e. The Bertz CT molecular complexity index is 1280. The van der Waals surface area contributed by atoms with Gasteiger partial charge in [-0.05, 0) is 67.6 Å². The van der Waals surface area contributed by atoms with Gasteiger partial charge in [-0.3, -0.25) is 4.57 Å². The van der Waals surface area contributed by atoms with Crippen LogP contribution >= 0.6 is 0 Å². The molecule has 5 rings (SSSR count). The lowest BCUT2D eigenvalue weighted by molar-refractivity contribution is 1.10. The summed E-state index contributed by atoms with van der Waals surface area (Å²) in [6.07, 6.45) is 0. The highest BCUT2D eigenvalue weighted by Gasteiger charge is 2.14. The van der Waals surface area contributed by atoms with E-state index in [1.165, 1.54) is 5.56 Å². The Labute approximate surface area is 176 Å². The second-order valence-electron chi connectivity index (χ2n) is 7.54. The number of imidazole rings is 1. The molecule has 30 heavy (non-hydrogen) atoms. The number of hydrogen-bond donors (Lipinski definition) is 0. The minimum Gasteiger partial charge on any atom is -0.345 e. The number of nitrogens with zero attached hydrogens (tertiary/aromatic N) is 3. The van der Waals surface area contributed by atoms with Crippen LogP contribution in [0.4, 0.5) is 11.4 Å². The highest BCUT2D eigenvalue weighted by molar-refractivity contribution is 5.83. The molecule has 0 saturated carbocycles. The SMILES string of the molecule is Cc1ccc(-n2c(-c3ccc(N(C)c4ccccc4)cc3)nc3ccccc32)cc1. The number of hydrogen-bond acceptors (Lipinski definition) is 2. The van der Waals surface area contributed by atoms with Gasteiger partial charge in [-0.1, -0.05) is 48.0 Å². The maximum atomic E-state index is 4.96. The van der Waals surface area contributed by atoms with Crippen LogP contribution in [0.3, 0.4) is 0 Å².